The van der Waals surface area contributed by atoms with E-state index >= 15 is 0 Å². The van der Waals surface area contributed by atoms with Crippen LogP contribution >= 0.6 is 27.3 Å². The van der Waals surface area contributed by atoms with Crippen molar-refractivity contribution >= 4 is 27.3 Å². The molecule has 1 aromatic heterocycles. The Morgan fingerprint density at radius 2 is 2.11 bits per heavy atom. The van der Waals surface area contributed by atoms with Crippen LogP contribution < -0.4 is 9.47 Å². The molecule has 2 atom stereocenters. The quantitative estimate of drug-likeness (QED) is 0.905. The van der Waals surface area contributed by atoms with Gasteiger partial charge in [0.15, 0.2) is 17.6 Å². The number of para-hydroxylation sites is 2. The first-order valence-corrected chi connectivity index (χ1v) is 7.58. The van der Waals surface area contributed by atoms with Gasteiger partial charge in [-0.1, -0.05) is 12.1 Å². The Morgan fingerprint density at radius 1 is 1.37 bits per heavy atom. The summed E-state index contributed by atoms with van der Waals surface area (Å²) in [6.07, 6.45) is -1.06. The first-order valence-electron chi connectivity index (χ1n) is 5.97. The van der Waals surface area contributed by atoms with Gasteiger partial charge in [-0.15, -0.1) is 11.3 Å². The molecule has 2 heterocycles. The van der Waals surface area contributed by atoms with E-state index < -0.39 is 6.10 Å². The summed E-state index contributed by atoms with van der Waals surface area (Å²) < 4.78 is 12.5. The van der Waals surface area contributed by atoms with Crippen molar-refractivity contribution in [2.45, 2.75) is 19.1 Å². The topological polar surface area (TPSA) is 38.7 Å². The van der Waals surface area contributed by atoms with E-state index in [-0.39, 0.29) is 6.10 Å². The van der Waals surface area contributed by atoms with Gasteiger partial charge in [-0.2, -0.15) is 0 Å². The number of hydrogen-bond acceptors (Lipinski definition) is 4. The van der Waals surface area contributed by atoms with Gasteiger partial charge in [0, 0.05) is 4.88 Å². The number of halogens is 1. The Hall–Kier alpha value is -1.04. The highest BCUT2D eigenvalue weighted by molar-refractivity contribution is 9.11. The van der Waals surface area contributed by atoms with E-state index in [4.69, 9.17) is 9.47 Å². The summed E-state index contributed by atoms with van der Waals surface area (Å²) in [6.45, 7) is 2.34. The number of hydrogen-bond donors (Lipinski definition) is 1. The standard InChI is InChI=1S/C14H13BrO3S/c1-8-9(6-13(15)19-8)14(16)12-7-17-10-4-2-3-5-11(10)18-12/h2-6,12,14,16H,7H2,1H3. The highest BCUT2D eigenvalue weighted by Gasteiger charge is 2.30. The molecule has 1 N–H and O–H groups in total. The SMILES string of the molecule is Cc1sc(Br)cc1C(O)C1COc2ccccc2O1. The summed E-state index contributed by atoms with van der Waals surface area (Å²) in [4.78, 5) is 1.09. The molecule has 0 saturated carbocycles. The van der Waals surface area contributed by atoms with Gasteiger partial charge in [0.1, 0.15) is 12.7 Å². The lowest BCUT2D eigenvalue weighted by atomic mass is 10.1. The maximum atomic E-state index is 10.4. The summed E-state index contributed by atoms with van der Waals surface area (Å²) in [5.41, 5.74) is 0.893. The van der Waals surface area contributed by atoms with E-state index in [1.165, 1.54) is 0 Å². The zero-order chi connectivity index (χ0) is 13.4. The molecule has 0 aliphatic carbocycles. The van der Waals surface area contributed by atoms with Gasteiger partial charge in [0.25, 0.3) is 0 Å². The third-order valence-corrected chi connectivity index (χ3v) is 4.70. The molecule has 0 radical (unpaired) electrons. The van der Waals surface area contributed by atoms with Crippen LogP contribution in [0.2, 0.25) is 0 Å². The molecule has 1 aliphatic rings. The molecule has 0 saturated heterocycles. The predicted molar refractivity (Wildman–Crippen MR) is 78.1 cm³/mol. The Balaban J connectivity index is 1.83. The van der Waals surface area contributed by atoms with Crippen LogP contribution in [-0.4, -0.2) is 17.8 Å². The van der Waals surface area contributed by atoms with Gasteiger partial charge in [-0.3, -0.25) is 0 Å². The number of fused-ring (bicyclic) bond motifs is 1. The van der Waals surface area contributed by atoms with E-state index in [0.717, 1.165) is 20.0 Å². The summed E-state index contributed by atoms with van der Waals surface area (Å²) in [5.74, 6) is 1.42. The van der Waals surface area contributed by atoms with Crippen LogP contribution in [-0.2, 0) is 0 Å². The van der Waals surface area contributed by atoms with Gasteiger partial charge >= 0.3 is 0 Å². The van der Waals surface area contributed by atoms with Crippen molar-refractivity contribution in [1.29, 1.82) is 0 Å². The Kier molecular flexibility index (Phi) is 3.52. The molecule has 2 aromatic rings. The van der Waals surface area contributed by atoms with Crippen LogP contribution in [0.3, 0.4) is 0 Å². The second-order valence-electron chi connectivity index (χ2n) is 4.42. The average Bonchev–Trinajstić information content (AvgIpc) is 2.76. The zero-order valence-electron chi connectivity index (χ0n) is 10.3. The van der Waals surface area contributed by atoms with Crippen LogP contribution in [0, 0.1) is 6.92 Å². The third kappa shape index (κ3) is 2.50. The first kappa shape index (κ1) is 13.0. The average molecular weight is 341 g/mol. The highest BCUT2D eigenvalue weighted by Crippen LogP contribution is 2.37. The van der Waals surface area contributed by atoms with Crippen molar-refractivity contribution in [3.8, 4) is 11.5 Å². The van der Waals surface area contributed by atoms with Crippen molar-refractivity contribution in [2.24, 2.45) is 0 Å². The minimum absolute atomic E-state index is 0.352. The van der Waals surface area contributed by atoms with Gasteiger partial charge in [0.05, 0.1) is 3.79 Å². The molecule has 2 unspecified atom stereocenters. The summed E-state index contributed by atoms with van der Waals surface area (Å²) in [6, 6.07) is 9.45. The Morgan fingerprint density at radius 3 is 2.79 bits per heavy atom. The Labute approximate surface area is 123 Å². The van der Waals surface area contributed by atoms with Crippen LogP contribution in [0.25, 0.3) is 0 Å². The summed E-state index contributed by atoms with van der Waals surface area (Å²) in [7, 11) is 0. The molecule has 19 heavy (non-hydrogen) atoms. The zero-order valence-corrected chi connectivity index (χ0v) is 12.7. The van der Waals surface area contributed by atoms with E-state index in [0.29, 0.717) is 12.4 Å². The van der Waals surface area contributed by atoms with Crippen LogP contribution in [0.15, 0.2) is 34.1 Å². The molecular weight excluding hydrogens is 328 g/mol. The second-order valence-corrected chi connectivity index (χ2v) is 7.06. The van der Waals surface area contributed by atoms with Crippen LogP contribution in [0.4, 0.5) is 0 Å². The lowest BCUT2D eigenvalue weighted by Crippen LogP contribution is -2.34. The Bertz CT molecular complexity index is 596. The molecule has 100 valence electrons. The van der Waals surface area contributed by atoms with Crippen molar-refractivity contribution < 1.29 is 14.6 Å². The monoisotopic (exact) mass is 340 g/mol. The number of ether oxygens (including phenoxy) is 2. The van der Waals surface area contributed by atoms with Gasteiger partial charge in [0.2, 0.25) is 0 Å². The third-order valence-electron chi connectivity index (χ3n) is 3.13. The van der Waals surface area contributed by atoms with Gasteiger partial charge < -0.3 is 14.6 Å². The van der Waals surface area contributed by atoms with E-state index in [1.807, 2.05) is 37.3 Å². The largest absolute Gasteiger partial charge is 0.486 e. The molecule has 1 aliphatic heterocycles. The van der Waals surface area contributed by atoms with E-state index in [1.54, 1.807) is 11.3 Å². The molecule has 0 fully saturated rings. The smallest absolute Gasteiger partial charge is 0.163 e. The molecule has 3 rings (SSSR count). The number of benzene rings is 1. The molecular formula is C14H13BrO3S. The lowest BCUT2D eigenvalue weighted by molar-refractivity contribution is -0.0113. The number of aliphatic hydroxyl groups is 1. The maximum Gasteiger partial charge on any atom is 0.163 e. The molecule has 0 spiro atoms. The summed E-state index contributed by atoms with van der Waals surface area (Å²) >= 11 is 5.04. The van der Waals surface area contributed by atoms with Crippen molar-refractivity contribution in [2.75, 3.05) is 6.61 Å². The van der Waals surface area contributed by atoms with Gasteiger partial charge in [-0.25, -0.2) is 0 Å². The lowest BCUT2D eigenvalue weighted by Gasteiger charge is -2.29. The molecule has 5 heteroatoms. The fourth-order valence-corrected chi connectivity index (χ4v) is 3.89. The number of rotatable bonds is 2. The number of aliphatic hydroxyl groups excluding tert-OH is 1. The molecule has 0 amide bonds. The van der Waals surface area contributed by atoms with Gasteiger partial charge in [-0.05, 0) is 46.6 Å². The van der Waals surface area contributed by atoms with Crippen molar-refractivity contribution in [1.82, 2.24) is 0 Å². The van der Waals surface area contributed by atoms with Crippen molar-refractivity contribution in [3.63, 3.8) is 0 Å². The van der Waals surface area contributed by atoms with Crippen molar-refractivity contribution in [3.05, 3.63) is 44.6 Å². The fourth-order valence-electron chi connectivity index (χ4n) is 2.14. The van der Waals surface area contributed by atoms with E-state index in [2.05, 4.69) is 15.9 Å². The summed E-state index contributed by atoms with van der Waals surface area (Å²) in [5, 5.41) is 10.4. The molecule has 1 aromatic carbocycles. The molecule has 3 nitrogen and oxygen atoms in total. The highest BCUT2D eigenvalue weighted by atomic mass is 79.9. The fraction of sp³-hybridized carbons (Fsp3) is 0.286. The number of aryl methyl sites for hydroxylation is 1. The normalized spacial score (nSPS) is 19.2. The maximum absolute atomic E-state index is 10.4. The first-order chi connectivity index (χ1) is 9.15. The second kappa shape index (κ2) is 5.15. The molecule has 0 bridgehead atoms. The predicted octanol–water partition coefficient (Wildman–Crippen LogP) is 3.69. The van der Waals surface area contributed by atoms with E-state index in [9.17, 15) is 5.11 Å². The van der Waals surface area contributed by atoms with Crippen LogP contribution in [0.5, 0.6) is 11.5 Å². The number of thiophene rings is 1. The van der Waals surface area contributed by atoms with Crippen LogP contribution in [0.1, 0.15) is 16.5 Å². The minimum Gasteiger partial charge on any atom is -0.486 e. The minimum atomic E-state index is -0.684.